The van der Waals surface area contributed by atoms with Crippen LogP contribution in [0.2, 0.25) is 5.02 Å². The number of nitrogens with zero attached hydrogens (tertiary/aromatic N) is 3. The summed E-state index contributed by atoms with van der Waals surface area (Å²) in [6.45, 7) is 2.65. The maximum atomic E-state index is 13.2. The van der Waals surface area contributed by atoms with Gasteiger partial charge in [0.1, 0.15) is 0 Å². The van der Waals surface area contributed by atoms with Crippen molar-refractivity contribution < 1.29 is 9.72 Å². The van der Waals surface area contributed by atoms with E-state index in [-0.39, 0.29) is 11.6 Å². The lowest BCUT2D eigenvalue weighted by Gasteiger charge is -2.35. The van der Waals surface area contributed by atoms with E-state index in [1.54, 1.807) is 35.2 Å². The molecule has 0 N–H and O–H groups in total. The number of nitro groups is 1. The van der Waals surface area contributed by atoms with E-state index in [0.29, 0.717) is 26.2 Å². The Bertz CT molecular complexity index is 1170. The van der Waals surface area contributed by atoms with Crippen LogP contribution in [0.3, 0.4) is 0 Å². The van der Waals surface area contributed by atoms with E-state index in [1.807, 2.05) is 29.2 Å². The Hall–Kier alpha value is -2.55. The summed E-state index contributed by atoms with van der Waals surface area (Å²) in [6.07, 6.45) is 0. The molecule has 3 heterocycles. The summed E-state index contributed by atoms with van der Waals surface area (Å²) >= 11 is 9.45. The van der Waals surface area contributed by atoms with Gasteiger partial charge in [-0.15, -0.1) is 23.1 Å². The maximum absolute atomic E-state index is 13.2. The first-order valence-electron chi connectivity index (χ1n) is 9.84. The molecule has 2 aromatic carbocycles. The van der Waals surface area contributed by atoms with E-state index >= 15 is 0 Å². The Balaban J connectivity index is 1.28. The molecule has 0 radical (unpaired) electrons. The van der Waals surface area contributed by atoms with E-state index in [9.17, 15) is 14.9 Å². The van der Waals surface area contributed by atoms with Crippen LogP contribution in [-0.4, -0.2) is 41.9 Å². The molecule has 1 aromatic heterocycles. The number of carbonyl (C=O) groups is 1. The second-order valence-electron chi connectivity index (χ2n) is 7.45. The van der Waals surface area contributed by atoms with Gasteiger partial charge in [0.05, 0.1) is 9.80 Å². The zero-order valence-corrected chi connectivity index (χ0v) is 18.8. The Morgan fingerprint density at radius 3 is 2.48 bits per heavy atom. The second kappa shape index (κ2) is 8.18. The summed E-state index contributed by atoms with van der Waals surface area (Å²) in [4.78, 5) is 30.8. The first-order valence-corrected chi connectivity index (χ1v) is 12.0. The molecule has 3 aromatic rings. The van der Waals surface area contributed by atoms with Crippen LogP contribution in [0, 0.1) is 10.1 Å². The fourth-order valence-corrected chi connectivity index (χ4v) is 6.59. The largest absolute Gasteiger partial charge is 0.368 e. The predicted molar refractivity (Wildman–Crippen MR) is 126 cm³/mol. The Kier molecular flexibility index (Phi) is 5.37. The van der Waals surface area contributed by atoms with Gasteiger partial charge in [-0.3, -0.25) is 14.9 Å². The molecular formula is C22H18ClN3O3S2. The number of non-ortho nitro benzene ring substituents is 1. The summed E-state index contributed by atoms with van der Waals surface area (Å²) in [7, 11) is 0. The van der Waals surface area contributed by atoms with Crippen LogP contribution in [0.25, 0.3) is 10.4 Å². The fourth-order valence-electron chi connectivity index (χ4n) is 3.94. The highest BCUT2D eigenvalue weighted by atomic mass is 35.5. The topological polar surface area (TPSA) is 66.7 Å². The lowest BCUT2D eigenvalue weighted by atomic mass is 10.1. The van der Waals surface area contributed by atoms with Crippen LogP contribution in [0.5, 0.6) is 0 Å². The van der Waals surface area contributed by atoms with Gasteiger partial charge in [0, 0.05) is 70.1 Å². The summed E-state index contributed by atoms with van der Waals surface area (Å²) < 4.78 is 0. The number of hydrogen-bond acceptors (Lipinski definition) is 6. The molecule has 0 aliphatic carbocycles. The molecule has 1 amide bonds. The first-order chi connectivity index (χ1) is 15.0. The predicted octanol–water partition coefficient (Wildman–Crippen LogP) is 5.54. The van der Waals surface area contributed by atoms with Gasteiger partial charge in [0.25, 0.3) is 11.6 Å². The quantitative estimate of drug-likeness (QED) is 0.370. The molecule has 2 aliphatic heterocycles. The molecule has 2 aliphatic rings. The van der Waals surface area contributed by atoms with Crippen molar-refractivity contribution in [3.05, 3.63) is 74.1 Å². The minimum atomic E-state index is -0.396. The number of fused-ring (bicyclic) bond motifs is 3. The monoisotopic (exact) mass is 471 g/mol. The standard InChI is InChI=1S/C22H18ClN3O3S2/c23-15-1-6-18-19(12-15)30-13-14-11-20(31-21(14)18)22(27)25-9-7-24(8-10-25)16-2-4-17(5-3-16)26(28)29/h1-6,11-12H,7-10,13H2. The third-order valence-electron chi connectivity index (χ3n) is 5.58. The average molecular weight is 472 g/mol. The molecule has 158 valence electrons. The number of thioether (sulfide) groups is 1. The van der Waals surface area contributed by atoms with Crippen LogP contribution < -0.4 is 4.90 Å². The molecule has 0 spiro atoms. The Morgan fingerprint density at radius 1 is 1.03 bits per heavy atom. The third kappa shape index (κ3) is 3.91. The molecule has 9 heteroatoms. The number of halogens is 1. The lowest BCUT2D eigenvalue weighted by Crippen LogP contribution is -2.48. The molecule has 0 atom stereocenters. The number of amides is 1. The van der Waals surface area contributed by atoms with Gasteiger partial charge in [-0.25, -0.2) is 0 Å². The van der Waals surface area contributed by atoms with Gasteiger partial charge in [-0.2, -0.15) is 0 Å². The van der Waals surface area contributed by atoms with Crippen molar-refractivity contribution in [2.24, 2.45) is 0 Å². The zero-order chi connectivity index (χ0) is 21.5. The van der Waals surface area contributed by atoms with Crippen molar-refractivity contribution in [2.45, 2.75) is 10.6 Å². The van der Waals surface area contributed by atoms with Gasteiger partial charge < -0.3 is 9.80 Å². The third-order valence-corrected chi connectivity index (χ3v) is 8.12. The van der Waals surface area contributed by atoms with Crippen molar-refractivity contribution in [3.8, 4) is 10.4 Å². The number of carbonyl (C=O) groups excluding carboxylic acids is 1. The van der Waals surface area contributed by atoms with Crippen molar-refractivity contribution in [2.75, 3.05) is 31.1 Å². The second-order valence-corrected chi connectivity index (χ2v) is 9.95. The average Bonchev–Trinajstić information content (AvgIpc) is 3.23. The lowest BCUT2D eigenvalue weighted by molar-refractivity contribution is -0.384. The molecule has 1 fully saturated rings. The molecule has 0 unspecified atom stereocenters. The highest BCUT2D eigenvalue weighted by Crippen LogP contribution is 2.46. The van der Waals surface area contributed by atoms with Crippen molar-refractivity contribution in [3.63, 3.8) is 0 Å². The molecular weight excluding hydrogens is 454 g/mol. The van der Waals surface area contributed by atoms with Crippen molar-refractivity contribution in [1.82, 2.24) is 4.90 Å². The molecule has 0 bridgehead atoms. The molecule has 5 rings (SSSR count). The van der Waals surface area contributed by atoms with Gasteiger partial charge in [-0.05, 0) is 35.9 Å². The van der Waals surface area contributed by atoms with Crippen LogP contribution in [0.1, 0.15) is 15.2 Å². The smallest absolute Gasteiger partial charge is 0.269 e. The van der Waals surface area contributed by atoms with Gasteiger partial charge in [0.15, 0.2) is 0 Å². The number of piperazine rings is 1. The molecule has 1 saturated heterocycles. The maximum Gasteiger partial charge on any atom is 0.269 e. The van der Waals surface area contributed by atoms with E-state index in [4.69, 9.17) is 11.6 Å². The minimum absolute atomic E-state index is 0.0725. The van der Waals surface area contributed by atoms with Crippen molar-refractivity contribution >= 4 is 52.0 Å². The van der Waals surface area contributed by atoms with Crippen LogP contribution in [-0.2, 0) is 5.75 Å². The van der Waals surface area contributed by atoms with Crippen LogP contribution in [0.15, 0.2) is 53.4 Å². The van der Waals surface area contributed by atoms with E-state index in [1.165, 1.54) is 22.6 Å². The van der Waals surface area contributed by atoms with Gasteiger partial charge in [-0.1, -0.05) is 17.7 Å². The molecule has 6 nitrogen and oxygen atoms in total. The van der Waals surface area contributed by atoms with E-state index < -0.39 is 4.92 Å². The Morgan fingerprint density at radius 2 is 1.77 bits per heavy atom. The summed E-state index contributed by atoms with van der Waals surface area (Å²) in [5, 5.41) is 11.6. The number of thiophene rings is 1. The number of benzene rings is 2. The first kappa shape index (κ1) is 20.4. The summed E-state index contributed by atoms with van der Waals surface area (Å²) in [6, 6.07) is 14.5. The van der Waals surface area contributed by atoms with Gasteiger partial charge >= 0.3 is 0 Å². The Labute approximate surface area is 192 Å². The van der Waals surface area contributed by atoms with Crippen LogP contribution in [0.4, 0.5) is 11.4 Å². The number of hydrogen-bond donors (Lipinski definition) is 0. The highest BCUT2D eigenvalue weighted by molar-refractivity contribution is 7.98. The van der Waals surface area contributed by atoms with E-state index in [2.05, 4.69) is 4.90 Å². The SMILES string of the molecule is O=C(c1cc2c(s1)-c1ccc(Cl)cc1SC2)N1CCN(c2ccc([N+](=O)[O-])cc2)CC1. The number of anilines is 1. The molecule has 31 heavy (non-hydrogen) atoms. The normalized spacial score (nSPS) is 15.4. The number of nitro benzene ring substituents is 1. The van der Waals surface area contributed by atoms with E-state index in [0.717, 1.165) is 31.8 Å². The summed E-state index contributed by atoms with van der Waals surface area (Å²) in [5.41, 5.74) is 3.39. The zero-order valence-electron chi connectivity index (χ0n) is 16.4. The van der Waals surface area contributed by atoms with Crippen molar-refractivity contribution in [1.29, 1.82) is 0 Å². The molecule has 0 saturated carbocycles. The van der Waals surface area contributed by atoms with Gasteiger partial charge in [0.2, 0.25) is 0 Å². The van der Waals surface area contributed by atoms with Crippen LogP contribution >= 0.6 is 34.7 Å². The number of rotatable bonds is 3. The fraction of sp³-hybridized carbons (Fsp3) is 0.227. The summed E-state index contributed by atoms with van der Waals surface area (Å²) in [5.74, 6) is 0.920. The minimum Gasteiger partial charge on any atom is -0.368 e. The highest BCUT2D eigenvalue weighted by Gasteiger charge is 2.27.